The van der Waals surface area contributed by atoms with E-state index in [-0.39, 0.29) is 28.9 Å². The second-order valence-electron chi connectivity index (χ2n) is 11.3. The first-order valence-corrected chi connectivity index (χ1v) is 13.1. The molecule has 1 amide bonds. The van der Waals surface area contributed by atoms with Gasteiger partial charge in [0.2, 0.25) is 11.9 Å². The van der Waals surface area contributed by atoms with E-state index in [9.17, 15) is 4.79 Å². The van der Waals surface area contributed by atoms with Crippen LogP contribution in [0.1, 0.15) is 77.3 Å². The molecule has 4 fully saturated rings. The largest absolute Gasteiger partial charge is 0.381 e. The predicted molar refractivity (Wildman–Crippen MR) is 126 cm³/mol. The molecule has 33 heavy (non-hydrogen) atoms. The predicted octanol–water partition coefficient (Wildman–Crippen LogP) is 5.21. The monoisotopic (exact) mass is 450 g/mol. The molecular weight excluding hydrogens is 412 g/mol. The summed E-state index contributed by atoms with van der Waals surface area (Å²) in [7, 11) is 0. The molecule has 8 unspecified atom stereocenters. The number of nitrogens with one attached hydrogen (secondary N) is 1. The van der Waals surface area contributed by atoms with Crippen LogP contribution in [0, 0.1) is 58.2 Å². The SMILES string of the molecule is CCOCC1CCC2C(CCC3C2CCC2(C)C(C(=O)Nc4nccc(C#N)n4)CCC32)C1. The minimum atomic E-state index is 0.0115. The first kappa shape index (κ1) is 22.8. The lowest BCUT2D eigenvalue weighted by molar-refractivity contribution is -0.127. The second kappa shape index (κ2) is 9.33. The molecule has 6 nitrogen and oxygen atoms in total. The van der Waals surface area contributed by atoms with E-state index in [2.05, 4.69) is 29.1 Å². The smallest absolute Gasteiger partial charge is 0.230 e. The van der Waals surface area contributed by atoms with Crippen molar-refractivity contribution in [3.63, 3.8) is 0 Å². The summed E-state index contributed by atoms with van der Waals surface area (Å²) in [5, 5.41) is 12.0. The highest BCUT2D eigenvalue weighted by Crippen LogP contribution is 2.64. The van der Waals surface area contributed by atoms with Gasteiger partial charge in [-0.05, 0) is 112 Å². The molecule has 4 saturated carbocycles. The molecule has 4 aliphatic rings. The van der Waals surface area contributed by atoms with Crippen LogP contribution in [0.15, 0.2) is 12.3 Å². The summed E-state index contributed by atoms with van der Waals surface area (Å²) in [4.78, 5) is 21.6. The number of rotatable bonds is 5. The molecule has 0 aliphatic heterocycles. The summed E-state index contributed by atoms with van der Waals surface area (Å²) in [5.74, 6) is 5.14. The summed E-state index contributed by atoms with van der Waals surface area (Å²) < 4.78 is 5.76. The molecule has 0 saturated heterocycles. The van der Waals surface area contributed by atoms with E-state index in [1.54, 1.807) is 6.07 Å². The van der Waals surface area contributed by atoms with Crippen molar-refractivity contribution in [3.05, 3.63) is 18.0 Å². The van der Waals surface area contributed by atoms with Crippen molar-refractivity contribution in [2.24, 2.45) is 46.8 Å². The van der Waals surface area contributed by atoms with Crippen LogP contribution in [0.2, 0.25) is 0 Å². The summed E-state index contributed by atoms with van der Waals surface area (Å²) in [6.07, 6.45) is 12.9. The van der Waals surface area contributed by atoms with Crippen molar-refractivity contribution in [3.8, 4) is 6.07 Å². The summed E-state index contributed by atoms with van der Waals surface area (Å²) in [5.41, 5.74) is 0.348. The van der Waals surface area contributed by atoms with Crippen LogP contribution in [0.5, 0.6) is 0 Å². The normalized spacial score (nSPS) is 39.6. The molecule has 0 aromatic carbocycles. The van der Waals surface area contributed by atoms with Gasteiger partial charge in [-0.15, -0.1) is 0 Å². The van der Waals surface area contributed by atoms with Gasteiger partial charge in [-0.25, -0.2) is 9.97 Å². The fourth-order valence-corrected chi connectivity index (χ4v) is 8.50. The Bertz CT molecular complexity index is 914. The van der Waals surface area contributed by atoms with Crippen molar-refractivity contribution >= 4 is 11.9 Å². The standard InChI is InChI=1S/C27H38N4O2/c1-3-33-16-17-4-6-20-18(14-17)5-7-22-21(20)10-12-27(2)23(22)8-9-24(27)25(32)31-26-29-13-11-19(15-28)30-26/h11,13,17-18,20-24H,3-10,12,14,16H2,1-2H3,(H,29,30,31,32). The Kier molecular flexibility index (Phi) is 6.44. The third-order valence-corrected chi connectivity index (χ3v) is 9.94. The molecule has 4 aliphatic carbocycles. The third-order valence-electron chi connectivity index (χ3n) is 9.94. The van der Waals surface area contributed by atoms with Crippen molar-refractivity contribution in [1.29, 1.82) is 5.26 Å². The number of aromatic nitrogens is 2. The molecule has 1 aromatic rings. The molecule has 6 heteroatoms. The number of carbonyl (C=O) groups is 1. The van der Waals surface area contributed by atoms with Crippen molar-refractivity contribution in [1.82, 2.24) is 9.97 Å². The van der Waals surface area contributed by atoms with E-state index in [0.717, 1.165) is 55.6 Å². The van der Waals surface area contributed by atoms with Crippen molar-refractivity contribution in [2.75, 3.05) is 18.5 Å². The summed E-state index contributed by atoms with van der Waals surface area (Å²) in [6.45, 7) is 6.26. The van der Waals surface area contributed by atoms with E-state index in [0.29, 0.717) is 5.92 Å². The molecule has 8 atom stereocenters. The lowest BCUT2D eigenvalue weighted by Crippen LogP contribution is -2.50. The highest BCUT2D eigenvalue weighted by molar-refractivity contribution is 5.91. The molecule has 1 heterocycles. The molecule has 178 valence electrons. The Morgan fingerprint density at radius 2 is 2.03 bits per heavy atom. The maximum absolute atomic E-state index is 13.3. The van der Waals surface area contributed by atoms with Crippen molar-refractivity contribution in [2.45, 2.75) is 71.6 Å². The van der Waals surface area contributed by atoms with Crippen LogP contribution in [-0.4, -0.2) is 29.1 Å². The zero-order chi connectivity index (χ0) is 23.0. The van der Waals surface area contributed by atoms with Gasteiger partial charge in [-0.2, -0.15) is 5.26 Å². The van der Waals surface area contributed by atoms with Crippen LogP contribution in [-0.2, 0) is 9.53 Å². The lowest BCUT2D eigenvalue weighted by atomic mass is 9.49. The summed E-state index contributed by atoms with van der Waals surface area (Å²) >= 11 is 0. The maximum atomic E-state index is 13.3. The number of amides is 1. The van der Waals surface area contributed by atoms with E-state index in [1.165, 1.54) is 51.1 Å². The van der Waals surface area contributed by atoms with Gasteiger partial charge in [0, 0.05) is 25.3 Å². The topological polar surface area (TPSA) is 87.9 Å². The third kappa shape index (κ3) is 4.18. The molecule has 0 bridgehead atoms. The van der Waals surface area contributed by atoms with Crippen LogP contribution in [0.25, 0.3) is 0 Å². The first-order chi connectivity index (χ1) is 16.0. The van der Waals surface area contributed by atoms with Gasteiger partial charge in [0.05, 0.1) is 0 Å². The number of ether oxygens (including phenoxy) is 1. The van der Waals surface area contributed by atoms with Crippen LogP contribution < -0.4 is 5.32 Å². The number of nitriles is 1. The highest BCUT2D eigenvalue weighted by atomic mass is 16.5. The summed E-state index contributed by atoms with van der Waals surface area (Å²) in [6, 6.07) is 3.58. The average molecular weight is 451 g/mol. The second-order valence-corrected chi connectivity index (χ2v) is 11.3. The Morgan fingerprint density at radius 3 is 2.85 bits per heavy atom. The quantitative estimate of drug-likeness (QED) is 0.665. The Hall–Kier alpha value is -2.00. The molecule has 1 aromatic heterocycles. The van der Waals surface area contributed by atoms with Gasteiger partial charge >= 0.3 is 0 Å². The lowest BCUT2D eigenvalue weighted by Gasteiger charge is -2.56. The number of hydrogen-bond donors (Lipinski definition) is 1. The van der Waals surface area contributed by atoms with E-state index in [4.69, 9.17) is 10.00 Å². The molecule has 5 rings (SSSR count). The Labute approximate surface area is 197 Å². The highest BCUT2D eigenvalue weighted by Gasteiger charge is 2.58. The van der Waals surface area contributed by atoms with Gasteiger partial charge in [-0.3, -0.25) is 10.1 Å². The van der Waals surface area contributed by atoms with Gasteiger partial charge in [0.1, 0.15) is 11.8 Å². The average Bonchev–Trinajstić information content (AvgIpc) is 3.19. The fraction of sp³-hybridized carbons (Fsp3) is 0.778. The van der Waals surface area contributed by atoms with Crippen LogP contribution in [0.3, 0.4) is 0 Å². The van der Waals surface area contributed by atoms with Gasteiger partial charge in [0.25, 0.3) is 0 Å². The van der Waals surface area contributed by atoms with Crippen molar-refractivity contribution < 1.29 is 9.53 Å². The molecule has 0 radical (unpaired) electrons. The number of fused-ring (bicyclic) bond motifs is 5. The fourth-order valence-electron chi connectivity index (χ4n) is 8.50. The molecule has 1 N–H and O–H groups in total. The van der Waals surface area contributed by atoms with E-state index >= 15 is 0 Å². The van der Waals surface area contributed by atoms with Gasteiger partial charge < -0.3 is 4.74 Å². The van der Waals surface area contributed by atoms with Gasteiger partial charge in [-0.1, -0.05) is 6.92 Å². The van der Waals surface area contributed by atoms with Crippen LogP contribution >= 0.6 is 0 Å². The number of carbonyl (C=O) groups excluding carboxylic acids is 1. The van der Waals surface area contributed by atoms with E-state index < -0.39 is 0 Å². The zero-order valence-corrected chi connectivity index (χ0v) is 20.1. The molecular formula is C27H38N4O2. The molecule has 0 spiro atoms. The maximum Gasteiger partial charge on any atom is 0.230 e. The van der Waals surface area contributed by atoms with Gasteiger partial charge in [0.15, 0.2) is 0 Å². The number of nitrogens with zero attached hydrogens (tertiary/aromatic N) is 3. The Morgan fingerprint density at radius 1 is 1.18 bits per heavy atom. The minimum absolute atomic E-state index is 0.0115. The number of anilines is 1. The van der Waals surface area contributed by atoms with Crippen LogP contribution in [0.4, 0.5) is 5.95 Å². The Balaban J connectivity index is 1.26. The zero-order valence-electron chi connectivity index (χ0n) is 20.1. The first-order valence-electron chi connectivity index (χ1n) is 13.1. The number of hydrogen-bond acceptors (Lipinski definition) is 5. The van der Waals surface area contributed by atoms with E-state index in [1.807, 2.05) is 6.07 Å². The minimum Gasteiger partial charge on any atom is -0.381 e.